The normalized spacial score (nSPS) is 12.9. The Bertz CT molecular complexity index is 308. The lowest BCUT2D eigenvalue weighted by molar-refractivity contribution is -0.121. The lowest BCUT2D eigenvalue weighted by Gasteiger charge is -2.18. The van der Waals surface area contributed by atoms with Crippen LogP contribution < -0.4 is 0 Å². The lowest BCUT2D eigenvalue weighted by Crippen LogP contribution is -2.30. The first-order valence-corrected chi connectivity index (χ1v) is 8.55. The van der Waals surface area contributed by atoms with Gasteiger partial charge in [0.15, 0.2) is 0 Å². The maximum absolute atomic E-state index is 12.4. The van der Waals surface area contributed by atoms with Crippen molar-refractivity contribution in [1.29, 1.82) is 0 Å². The van der Waals surface area contributed by atoms with Crippen molar-refractivity contribution in [2.45, 2.75) is 12.3 Å². The fourth-order valence-corrected chi connectivity index (χ4v) is 1.70. The summed E-state index contributed by atoms with van der Waals surface area (Å²) < 4.78 is 82.0. The highest BCUT2D eigenvalue weighted by Gasteiger charge is 2.51. The molecule has 2 nitrogen and oxygen atoms in total. The van der Waals surface area contributed by atoms with Crippen LogP contribution >= 0.6 is 35.8 Å². The van der Waals surface area contributed by atoms with E-state index >= 15 is 0 Å². The summed E-state index contributed by atoms with van der Waals surface area (Å²) in [5.41, 5.74) is 0. The molecular weight excluding hydrogens is 385 g/mol. The van der Waals surface area contributed by atoms with E-state index in [2.05, 4.69) is 35.5 Å². The van der Waals surface area contributed by atoms with E-state index in [1.165, 1.54) is 0 Å². The van der Waals surface area contributed by atoms with Crippen LogP contribution in [-0.4, -0.2) is 12.3 Å². The SMILES string of the molecule is O=P(Br)(Br)OC(=C(F)F)C(F)(F)C(F)F. The topological polar surface area (TPSA) is 26.3 Å². The molecule has 15 heavy (non-hydrogen) atoms. The Hall–Kier alpha value is 0.310. The largest absolute Gasteiger partial charge is 0.421 e. The second-order valence-electron chi connectivity index (χ2n) is 2.02. The Morgan fingerprint density at radius 2 is 1.67 bits per heavy atom. The maximum Gasteiger partial charge on any atom is 0.374 e. The van der Waals surface area contributed by atoms with Gasteiger partial charge >= 0.3 is 23.2 Å². The zero-order chi connectivity index (χ0) is 12.4. The second kappa shape index (κ2) is 5.09. The van der Waals surface area contributed by atoms with Crippen LogP contribution in [0.3, 0.4) is 0 Å². The molecule has 0 aromatic rings. The average Bonchev–Trinajstić information content (AvgIpc) is 1.97. The van der Waals surface area contributed by atoms with E-state index in [1.807, 2.05) is 0 Å². The second-order valence-corrected chi connectivity index (χ2v) is 11.5. The minimum atomic E-state index is -5.21. The molecular formula is C4HBr2F6O2P. The standard InChI is InChI=1S/C4HBr2F6O2P/c5-15(6,13)14-1(2(7)8)4(11,12)3(9)10/h3H. The molecule has 0 heterocycles. The average molecular weight is 386 g/mol. The zero-order valence-electron chi connectivity index (χ0n) is 6.36. The van der Waals surface area contributed by atoms with Gasteiger partial charge in [-0.15, -0.1) is 0 Å². The molecule has 0 radical (unpaired) electrons. The Morgan fingerprint density at radius 3 is 1.87 bits per heavy atom. The molecule has 0 aromatic carbocycles. The Morgan fingerprint density at radius 1 is 1.27 bits per heavy atom. The number of alkyl halides is 4. The molecule has 0 spiro atoms. The van der Waals surface area contributed by atoms with Crippen LogP contribution in [0.2, 0.25) is 0 Å². The fourth-order valence-electron chi connectivity index (χ4n) is 0.427. The minimum absolute atomic E-state index is 2.09. The highest BCUT2D eigenvalue weighted by atomic mass is 79.9. The fraction of sp³-hybridized carbons (Fsp3) is 0.500. The van der Waals surface area contributed by atoms with Gasteiger partial charge < -0.3 is 4.52 Å². The van der Waals surface area contributed by atoms with Crippen molar-refractivity contribution >= 4 is 35.8 Å². The minimum Gasteiger partial charge on any atom is -0.421 e. The van der Waals surface area contributed by atoms with E-state index in [0.717, 1.165) is 0 Å². The van der Waals surface area contributed by atoms with E-state index < -0.39 is 29.0 Å². The molecule has 0 atom stereocenters. The molecule has 90 valence electrons. The summed E-state index contributed by atoms with van der Waals surface area (Å²) >= 11 is 4.19. The zero-order valence-corrected chi connectivity index (χ0v) is 10.4. The summed E-state index contributed by atoms with van der Waals surface area (Å²) in [7, 11) is 0. The van der Waals surface area contributed by atoms with Crippen LogP contribution in [0, 0.1) is 0 Å². The van der Waals surface area contributed by atoms with Crippen LogP contribution in [0.4, 0.5) is 26.3 Å². The monoisotopic (exact) mass is 384 g/mol. The molecule has 0 aliphatic rings. The van der Waals surface area contributed by atoms with Crippen molar-refractivity contribution in [2.24, 2.45) is 0 Å². The molecule has 0 unspecified atom stereocenters. The number of halogens is 8. The number of rotatable bonds is 4. The van der Waals surface area contributed by atoms with Gasteiger partial charge in [-0.1, -0.05) is 0 Å². The van der Waals surface area contributed by atoms with Crippen molar-refractivity contribution in [2.75, 3.05) is 0 Å². The summed E-state index contributed by atoms with van der Waals surface area (Å²) in [4.78, 5) is 0. The van der Waals surface area contributed by atoms with E-state index in [0.29, 0.717) is 0 Å². The van der Waals surface area contributed by atoms with Crippen molar-refractivity contribution in [1.82, 2.24) is 0 Å². The van der Waals surface area contributed by atoms with Crippen molar-refractivity contribution in [3.8, 4) is 0 Å². The first-order chi connectivity index (χ1) is 6.48. The highest BCUT2D eigenvalue weighted by molar-refractivity contribution is 9.70. The summed E-state index contributed by atoms with van der Waals surface area (Å²) in [5.74, 6) is -7.84. The molecule has 0 rings (SSSR count). The van der Waals surface area contributed by atoms with Crippen LogP contribution in [0.1, 0.15) is 0 Å². The first-order valence-electron chi connectivity index (χ1n) is 2.89. The van der Waals surface area contributed by atoms with Crippen LogP contribution in [0.15, 0.2) is 11.8 Å². The van der Waals surface area contributed by atoms with E-state index in [1.54, 1.807) is 0 Å². The summed E-state index contributed by atoms with van der Waals surface area (Å²) in [6.07, 6.45) is -7.58. The van der Waals surface area contributed by atoms with Gasteiger partial charge in [0.05, 0.1) is 0 Å². The molecule has 0 fully saturated rings. The first kappa shape index (κ1) is 15.3. The summed E-state index contributed by atoms with van der Waals surface area (Å²) in [5, 5.41) is 0. The van der Waals surface area contributed by atoms with Gasteiger partial charge in [0.25, 0.3) is 0 Å². The van der Waals surface area contributed by atoms with Crippen LogP contribution in [0.5, 0.6) is 0 Å². The van der Waals surface area contributed by atoms with Crippen LogP contribution in [0.25, 0.3) is 0 Å². The van der Waals surface area contributed by atoms with Gasteiger partial charge in [0.2, 0.25) is 5.76 Å². The van der Waals surface area contributed by atoms with Gasteiger partial charge in [-0.25, -0.2) is 8.78 Å². The van der Waals surface area contributed by atoms with Crippen molar-refractivity contribution in [3.63, 3.8) is 0 Å². The molecule has 0 aromatic heterocycles. The summed E-state index contributed by atoms with van der Waals surface area (Å²) in [6, 6.07) is 0. The number of hydrogen-bond acceptors (Lipinski definition) is 2. The van der Waals surface area contributed by atoms with Crippen molar-refractivity contribution in [3.05, 3.63) is 11.8 Å². The summed E-state index contributed by atoms with van der Waals surface area (Å²) in [6.45, 7) is 0. The highest BCUT2D eigenvalue weighted by Crippen LogP contribution is 2.65. The Labute approximate surface area is 95.6 Å². The molecule has 0 saturated heterocycles. The van der Waals surface area contributed by atoms with Gasteiger partial charge in [-0.2, -0.15) is 17.6 Å². The Balaban J connectivity index is 5.21. The molecule has 0 aliphatic heterocycles. The number of allylic oxidation sites excluding steroid dienone is 1. The molecule has 0 aliphatic carbocycles. The third-order valence-electron chi connectivity index (χ3n) is 0.946. The van der Waals surface area contributed by atoms with Gasteiger partial charge in [0, 0.05) is 31.0 Å². The van der Waals surface area contributed by atoms with E-state index in [4.69, 9.17) is 0 Å². The predicted octanol–water partition coefficient (Wildman–Crippen LogP) is 4.91. The molecule has 0 N–H and O–H groups in total. The smallest absolute Gasteiger partial charge is 0.374 e. The molecule has 0 bridgehead atoms. The van der Waals surface area contributed by atoms with Gasteiger partial charge in [-0.3, -0.25) is 4.57 Å². The van der Waals surface area contributed by atoms with E-state index in [-0.39, 0.29) is 0 Å². The molecule has 11 heteroatoms. The quantitative estimate of drug-likeness (QED) is 0.390. The Kier molecular flexibility index (Phi) is 5.20. The molecule has 0 saturated carbocycles. The lowest BCUT2D eigenvalue weighted by atomic mass is 10.3. The third kappa shape index (κ3) is 4.78. The van der Waals surface area contributed by atoms with Crippen molar-refractivity contribution < 1.29 is 35.4 Å². The molecule has 0 amide bonds. The van der Waals surface area contributed by atoms with Gasteiger partial charge in [0.1, 0.15) is 0 Å². The van der Waals surface area contributed by atoms with Crippen LogP contribution in [-0.2, 0) is 9.09 Å². The maximum atomic E-state index is 12.4. The number of hydrogen-bond donors (Lipinski definition) is 0. The predicted molar refractivity (Wildman–Crippen MR) is 46.7 cm³/mol. The third-order valence-corrected chi connectivity index (χ3v) is 2.21. The van der Waals surface area contributed by atoms with Gasteiger partial charge in [-0.05, 0) is 0 Å². The van der Waals surface area contributed by atoms with E-state index in [9.17, 15) is 30.9 Å².